The molecule has 0 amide bonds. The fourth-order valence-corrected chi connectivity index (χ4v) is 2.00. The van der Waals surface area contributed by atoms with E-state index in [0.717, 1.165) is 25.9 Å². The predicted octanol–water partition coefficient (Wildman–Crippen LogP) is 0.186. The van der Waals surface area contributed by atoms with Crippen LogP contribution in [0, 0.1) is 5.92 Å². The second kappa shape index (κ2) is 6.67. The Morgan fingerprint density at radius 3 is 2.45 bits per heavy atom. The Morgan fingerprint density at radius 1 is 1.25 bits per heavy atom. The molecule has 1 aliphatic carbocycles. The molecule has 0 saturated heterocycles. The summed E-state index contributed by atoms with van der Waals surface area (Å²) in [4.78, 5) is 14.7. The Kier molecular flexibility index (Phi) is 4.91. The number of aromatic nitrogens is 3. The summed E-state index contributed by atoms with van der Waals surface area (Å²) in [5.41, 5.74) is 2.44. The van der Waals surface area contributed by atoms with Gasteiger partial charge >= 0.3 is 0 Å². The summed E-state index contributed by atoms with van der Waals surface area (Å²) in [5.74, 6) is 7.11. The Morgan fingerprint density at radius 2 is 1.90 bits per heavy atom. The summed E-state index contributed by atoms with van der Waals surface area (Å²) in [5, 5.41) is 12.9. The molecular formula is C12H23N7O. The molecule has 112 valence electrons. The number of nitrogens with two attached hydrogens (primary N) is 1. The molecule has 5 N–H and O–H groups in total. The van der Waals surface area contributed by atoms with E-state index < -0.39 is 0 Å². The topological polar surface area (TPSA) is 112 Å². The van der Waals surface area contributed by atoms with Crippen LogP contribution in [0.15, 0.2) is 0 Å². The first kappa shape index (κ1) is 14.7. The molecule has 2 rings (SSSR count). The number of hydrogen-bond donors (Lipinski definition) is 4. The summed E-state index contributed by atoms with van der Waals surface area (Å²) >= 11 is 0. The molecule has 1 aromatic rings. The smallest absolute Gasteiger partial charge is 0.243 e. The van der Waals surface area contributed by atoms with Gasteiger partial charge in [-0.05, 0) is 32.6 Å². The molecule has 1 aliphatic rings. The fourth-order valence-electron chi connectivity index (χ4n) is 2.00. The zero-order valence-corrected chi connectivity index (χ0v) is 12.0. The molecule has 1 fully saturated rings. The van der Waals surface area contributed by atoms with Crippen molar-refractivity contribution in [2.24, 2.45) is 11.8 Å². The SMILES string of the molecule is CCN(CC)c1nc(NN)nc(NCC(O)C2CC2)n1. The Labute approximate surface area is 118 Å². The van der Waals surface area contributed by atoms with Crippen LogP contribution >= 0.6 is 0 Å². The van der Waals surface area contributed by atoms with Crippen LogP contribution < -0.4 is 21.5 Å². The first-order valence-corrected chi connectivity index (χ1v) is 7.07. The summed E-state index contributed by atoms with van der Waals surface area (Å²) in [6.45, 7) is 6.11. The summed E-state index contributed by atoms with van der Waals surface area (Å²) in [7, 11) is 0. The van der Waals surface area contributed by atoms with Gasteiger partial charge in [-0.1, -0.05) is 0 Å². The average Bonchev–Trinajstić information content (AvgIpc) is 3.30. The standard InChI is InChI=1S/C12H23N7O/c1-3-19(4-2)12-16-10(15-11(17-12)18-13)14-7-9(20)8-5-6-8/h8-9,20H,3-7,13H2,1-2H3,(H2,14,15,16,17,18). The Hall–Kier alpha value is -1.67. The molecule has 0 aliphatic heterocycles. The molecule has 20 heavy (non-hydrogen) atoms. The van der Waals surface area contributed by atoms with Gasteiger partial charge in [0.25, 0.3) is 0 Å². The molecule has 1 atom stereocenters. The maximum Gasteiger partial charge on any atom is 0.243 e. The van der Waals surface area contributed by atoms with Gasteiger partial charge in [-0.15, -0.1) is 0 Å². The molecule has 0 radical (unpaired) electrons. The third kappa shape index (κ3) is 3.67. The second-order valence-corrected chi connectivity index (χ2v) is 4.88. The molecule has 0 spiro atoms. The Balaban J connectivity index is 2.07. The molecule has 1 aromatic heterocycles. The first-order valence-electron chi connectivity index (χ1n) is 7.07. The van der Waals surface area contributed by atoms with Gasteiger partial charge in [0.2, 0.25) is 17.8 Å². The number of aliphatic hydroxyl groups excluding tert-OH is 1. The number of nitrogen functional groups attached to an aromatic ring is 1. The number of hydrogen-bond acceptors (Lipinski definition) is 8. The van der Waals surface area contributed by atoms with E-state index >= 15 is 0 Å². The minimum absolute atomic E-state index is 0.310. The van der Waals surface area contributed by atoms with Crippen molar-refractivity contribution in [3.63, 3.8) is 0 Å². The molecule has 0 bridgehead atoms. The van der Waals surface area contributed by atoms with E-state index in [9.17, 15) is 5.11 Å². The van der Waals surface area contributed by atoms with Gasteiger partial charge in [-0.3, -0.25) is 5.43 Å². The summed E-state index contributed by atoms with van der Waals surface area (Å²) in [6.07, 6.45) is 1.85. The Bertz CT molecular complexity index is 434. The van der Waals surface area contributed by atoms with Crippen molar-refractivity contribution in [3.05, 3.63) is 0 Å². The van der Waals surface area contributed by atoms with Crippen molar-refractivity contribution in [2.75, 3.05) is 35.3 Å². The minimum atomic E-state index is -0.349. The highest BCUT2D eigenvalue weighted by Crippen LogP contribution is 2.32. The van der Waals surface area contributed by atoms with Crippen LogP contribution in [0.2, 0.25) is 0 Å². The van der Waals surface area contributed by atoms with Crippen LogP contribution in [-0.4, -0.2) is 45.8 Å². The molecule has 1 heterocycles. The average molecular weight is 281 g/mol. The summed E-state index contributed by atoms with van der Waals surface area (Å²) < 4.78 is 0. The van der Waals surface area contributed by atoms with Crippen LogP contribution in [0.1, 0.15) is 26.7 Å². The minimum Gasteiger partial charge on any atom is -0.391 e. The van der Waals surface area contributed by atoms with E-state index in [1.165, 1.54) is 0 Å². The molecule has 8 nitrogen and oxygen atoms in total. The maximum absolute atomic E-state index is 9.86. The van der Waals surface area contributed by atoms with E-state index in [2.05, 4.69) is 25.7 Å². The molecule has 1 saturated carbocycles. The summed E-state index contributed by atoms with van der Waals surface area (Å²) in [6, 6.07) is 0. The van der Waals surface area contributed by atoms with Gasteiger partial charge in [0, 0.05) is 19.6 Å². The van der Waals surface area contributed by atoms with Crippen molar-refractivity contribution in [1.29, 1.82) is 0 Å². The van der Waals surface area contributed by atoms with Crippen LogP contribution in [0.4, 0.5) is 17.8 Å². The van der Waals surface area contributed by atoms with Gasteiger partial charge in [0.15, 0.2) is 0 Å². The lowest BCUT2D eigenvalue weighted by Gasteiger charge is -2.19. The number of nitrogens with zero attached hydrogens (tertiary/aromatic N) is 4. The third-order valence-electron chi connectivity index (χ3n) is 3.43. The van der Waals surface area contributed by atoms with Crippen LogP contribution in [0.3, 0.4) is 0 Å². The monoisotopic (exact) mass is 281 g/mol. The van der Waals surface area contributed by atoms with Crippen molar-refractivity contribution >= 4 is 17.8 Å². The lowest BCUT2D eigenvalue weighted by atomic mass is 10.2. The van der Waals surface area contributed by atoms with E-state index in [-0.39, 0.29) is 6.10 Å². The van der Waals surface area contributed by atoms with Gasteiger partial charge < -0.3 is 15.3 Å². The lowest BCUT2D eigenvalue weighted by molar-refractivity contribution is 0.164. The van der Waals surface area contributed by atoms with Crippen LogP contribution in [0.5, 0.6) is 0 Å². The van der Waals surface area contributed by atoms with E-state index in [1.54, 1.807) is 0 Å². The van der Waals surface area contributed by atoms with Gasteiger partial charge in [0.05, 0.1) is 6.10 Å². The van der Waals surface area contributed by atoms with Gasteiger partial charge in [0.1, 0.15) is 0 Å². The van der Waals surface area contributed by atoms with Crippen molar-refractivity contribution in [1.82, 2.24) is 15.0 Å². The number of hydrazine groups is 1. The third-order valence-corrected chi connectivity index (χ3v) is 3.43. The zero-order chi connectivity index (χ0) is 14.5. The zero-order valence-electron chi connectivity index (χ0n) is 12.0. The van der Waals surface area contributed by atoms with Gasteiger partial charge in [-0.2, -0.15) is 15.0 Å². The van der Waals surface area contributed by atoms with Crippen molar-refractivity contribution in [2.45, 2.75) is 32.8 Å². The van der Waals surface area contributed by atoms with E-state index in [1.807, 2.05) is 18.7 Å². The number of rotatable bonds is 8. The fraction of sp³-hybridized carbons (Fsp3) is 0.750. The molecule has 1 unspecified atom stereocenters. The van der Waals surface area contributed by atoms with Crippen LogP contribution in [0.25, 0.3) is 0 Å². The predicted molar refractivity (Wildman–Crippen MR) is 78.4 cm³/mol. The highest BCUT2D eigenvalue weighted by molar-refractivity contribution is 5.43. The number of aliphatic hydroxyl groups is 1. The largest absolute Gasteiger partial charge is 0.391 e. The molecule has 0 aromatic carbocycles. The highest BCUT2D eigenvalue weighted by atomic mass is 16.3. The highest BCUT2D eigenvalue weighted by Gasteiger charge is 2.29. The molecule has 8 heteroatoms. The normalized spacial score (nSPS) is 15.8. The number of nitrogens with one attached hydrogen (secondary N) is 2. The maximum atomic E-state index is 9.86. The quantitative estimate of drug-likeness (QED) is 0.394. The second-order valence-electron chi connectivity index (χ2n) is 4.88. The van der Waals surface area contributed by atoms with Crippen molar-refractivity contribution < 1.29 is 5.11 Å². The van der Waals surface area contributed by atoms with E-state index in [0.29, 0.717) is 30.3 Å². The first-order chi connectivity index (χ1) is 9.67. The lowest BCUT2D eigenvalue weighted by Crippen LogP contribution is -2.27. The number of anilines is 3. The van der Waals surface area contributed by atoms with Crippen molar-refractivity contribution in [3.8, 4) is 0 Å². The van der Waals surface area contributed by atoms with Gasteiger partial charge in [-0.25, -0.2) is 5.84 Å². The molecular weight excluding hydrogens is 258 g/mol. The van der Waals surface area contributed by atoms with Crippen LogP contribution in [-0.2, 0) is 0 Å². The van der Waals surface area contributed by atoms with E-state index in [4.69, 9.17) is 5.84 Å².